The monoisotopic (exact) mass is 196 g/mol. The normalized spacial score (nSPS) is 32.3. The SMILES string of the molecule is CC(CCN)C(=O)N1CC2CCC1C2. The van der Waals surface area contributed by atoms with E-state index in [2.05, 4.69) is 4.90 Å². The lowest BCUT2D eigenvalue weighted by Gasteiger charge is -2.29. The first-order chi connectivity index (χ1) is 6.72. The summed E-state index contributed by atoms with van der Waals surface area (Å²) in [6, 6.07) is 0.563. The molecule has 1 saturated heterocycles. The molecular weight excluding hydrogens is 176 g/mol. The van der Waals surface area contributed by atoms with Crippen LogP contribution in [0, 0.1) is 11.8 Å². The van der Waals surface area contributed by atoms with Crippen LogP contribution in [0.25, 0.3) is 0 Å². The Hall–Kier alpha value is -0.570. The molecule has 0 aromatic rings. The van der Waals surface area contributed by atoms with E-state index in [1.807, 2.05) is 6.92 Å². The first-order valence-corrected chi connectivity index (χ1v) is 5.73. The zero-order chi connectivity index (χ0) is 10.1. The molecule has 3 heteroatoms. The van der Waals surface area contributed by atoms with Crippen molar-refractivity contribution in [1.29, 1.82) is 0 Å². The van der Waals surface area contributed by atoms with Gasteiger partial charge in [-0.15, -0.1) is 0 Å². The number of amides is 1. The van der Waals surface area contributed by atoms with Gasteiger partial charge in [-0.2, -0.15) is 0 Å². The molecular formula is C11H20N2O. The van der Waals surface area contributed by atoms with E-state index in [4.69, 9.17) is 5.73 Å². The van der Waals surface area contributed by atoms with Crippen LogP contribution in [-0.2, 0) is 4.79 Å². The Bertz CT molecular complexity index is 229. The number of carbonyl (C=O) groups excluding carboxylic acids is 1. The lowest BCUT2D eigenvalue weighted by molar-refractivity contribution is -0.136. The molecule has 1 amide bonds. The molecule has 2 N–H and O–H groups in total. The van der Waals surface area contributed by atoms with Gasteiger partial charge in [0.05, 0.1) is 0 Å². The van der Waals surface area contributed by atoms with Crippen molar-refractivity contribution >= 4 is 5.91 Å². The summed E-state index contributed by atoms with van der Waals surface area (Å²) in [7, 11) is 0. The zero-order valence-electron chi connectivity index (χ0n) is 8.91. The quantitative estimate of drug-likeness (QED) is 0.731. The fourth-order valence-corrected chi connectivity index (χ4v) is 2.85. The summed E-state index contributed by atoms with van der Waals surface area (Å²) in [5.74, 6) is 1.26. The Morgan fingerprint density at radius 2 is 2.36 bits per heavy atom. The number of nitrogens with two attached hydrogens (primary N) is 1. The Balaban J connectivity index is 1.92. The molecule has 3 nitrogen and oxygen atoms in total. The van der Waals surface area contributed by atoms with Crippen LogP contribution in [-0.4, -0.2) is 29.9 Å². The van der Waals surface area contributed by atoms with Gasteiger partial charge >= 0.3 is 0 Å². The van der Waals surface area contributed by atoms with Crippen LogP contribution in [0.4, 0.5) is 0 Å². The molecule has 1 aliphatic heterocycles. The van der Waals surface area contributed by atoms with E-state index in [9.17, 15) is 4.79 Å². The van der Waals surface area contributed by atoms with Crippen LogP contribution in [0.2, 0.25) is 0 Å². The number of hydrogen-bond acceptors (Lipinski definition) is 2. The van der Waals surface area contributed by atoms with E-state index in [0.717, 1.165) is 18.9 Å². The highest BCUT2D eigenvalue weighted by atomic mass is 16.2. The second-order valence-corrected chi connectivity index (χ2v) is 4.80. The van der Waals surface area contributed by atoms with Gasteiger partial charge in [-0.1, -0.05) is 6.92 Å². The summed E-state index contributed by atoms with van der Waals surface area (Å²) < 4.78 is 0. The summed E-state index contributed by atoms with van der Waals surface area (Å²) in [5.41, 5.74) is 5.47. The molecule has 3 unspecified atom stereocenters. The van der Waals surface area contributed by atoms with Gasteiger partial charge in [-0.25, -0.2) is 0 Å². The van der Waals surface area contributed by atoms with Crippen molar-refractivity contribution in [2.45, 2.75) is 38.6 Å². The average molecular weight is 196 g/mol. The summed E-state index contributed by atoms with van der Waals surface area (Å²) in [6.07, 6.45) is 4.64. The van der Waals surface area contributed by atoms with Crippen molar-refractivity contribution in [1.82, 2.24) is 4.90 Å². The molecule has 3 atom stereocenters. The Labute approximate surface area is 85.6 Å². The molecule has 0 aromatic carbocycles. The molecule has 2 aliphatic rings. The predicted molar refractivity (Wildman–Crippen MR) is 55.7 cm³/mol. The van der Waals surface area contributed by atoms with Crippen LogP contribution in [0.3, 0.4) is 0 Å². The summed E-state index contributed by atoms with van der Waals surface area (Å²) >= 11 is 0. The predicted octanol–water partition coefficient (Wildman–Crippen LogP) is 0.982. The van der Waals surface area contributed by atoms with Gasteiger partial charge in [0, 0.05) is 18.5 Å². The maximum Gasteiger partial charge on any atom is 0.225 e. The number of nitrogens with zero attached hydrogens (tertiary/aromatic N) is 1. The number of rotatable bonds is 3. The van der Waals surface area contributed by atoms with Crippen molar-refractivity contribution < 1.29 is 4.79 Å². The van der Waals surface area contributed by atoms with Crippen LogP contribution in [0.5, 0.6) is 0 Å². The fraction of sp³-hybridized carbons (Fsp3) is 0.909. The van der Waals surface area contributed by atoms with Crippen molar-refractivity contribution in [2.75, 3.05) is 13.1 Å². The Morgan fingerprint density at radius 3 is 2.86 bits per heavy atom. The first kappa shape index (κ1) is 9.97. The van der Waals surface area contributed by atoms with E-state index >= 15 is 0 Å². The fourth-order valence-electron chi connectivity index (χ4n) is 2.85. The van der Waals surface area contributed by atoms with Crippen molar-refractivity contribution in [3.05, 3.63) is 0 Å². The van der Waals surface area contributed by atoms with Crippen LogP contribution in [0.15, 0.2) is 0 Å². The topological polar surface area (TPSA) is 46.3 Å². The van der Waals surface area contributed by atoms with Gasteiger partial charge in [0.25, 0.3) is 0 Å². The van der Waals surface area contributed by atoms with E-state index in [1.165, 1.54) is 19.3 Å². The van der Waals surface area contributed by atoms with Gasteiger partial charge in [-0.05, 0) is 38.1 Å². The van der Waals surface area contributed by atoms with Crippen molar-refractivity contribution in [3.63, 3.8) is 0 Å². The summed E-state index contributed by atoms with van der Waals surface area (Å²) in [4.78, 5) is 14.1. The van der Waals surface area contributed by atoms with Crippen molar-refractivity contribution in [3.8, 4) is 0 Å². The number of likely N-dealkylation sites (tertiary alicyclic amines) is 1. The number of piperidine rings is 1. The average Bonchev–Trinajstić information content (AvgIpc) is 2.77. The van der Waals surface area contributed by atoms with E-state index in [-0.39, 0.29) is 5.92 Å². The van der Waals surface area contributed by atoms with E-state index < -0.39 is 0 Å². The maximum atomic E-state index is 12.0. The molecule has 0 aromatic heterocycles. The standard InChI is InChI=1S/C11H20N2O/c1-8(4-5-12)11(14)13-7-9-2-3-10(13)6-9/h8-10H,2-7,12H2,1H3. The van der Waals surface area contributed by atoms with Crippen LogP contribution >= 0.6 is 0 Å². The molecule has 2 fully saturated rings. The maximum absolute atomic E-state index is 12.0. The van der Waals surface area contributed by atoms with E-state index in [1.54, 1.807) is 0 Å². The van der Waals surface area contributed by atoms with Crippen LogP contribution < -0.4 is 5.73 Å². The number of carbonyl (C=O) groups is 1. The lowest BCUT2D eigenvalue weighted by atomic mass is 10.0. The van der Waals surface area contributed by atoms with Crippen LogP contribution in [0.1, 0.15) is 32.6 Å². The highest BCUT2D eigenvalue weighted by Gasteiger charge is 2.40. The van der Waals surface area contributed by atoms with Gasteiger partial charge in [0.1, 0.15) is 0 Å². The third kappa shape index (κ3) is 1.65. The molecule has 80 valence electrons. The highest BCUT2D eigenvalue weighted by molar-refractivity contribution is 5.79. The molecule has 1 heterocycles. The van der Waals surface area contributed by atoms with Gasteiger partial charge < -0.3 is 10.6 Å². The largest absolute Gasteiger partial charge is 0.339 e. The van der Waals surface area contributed by atoms with Crippen molar-refractivity contribution in [2.24, 2.45) is 17.6 Å². The summed E-state index contributed by atoms with van der Waals surface area (Å²) in [5, 5.41) is 0. The lowest BCUT2D eigenvalue weighted by Crippen LogP contribution is -2.41. The Morgan fingerprint density at radius 1 is 1.57 bits per heavy atom. The Kier molecular flexibility index (Phi) is 2.77. The minimum absolute atomic E-state index is 0.124. The smallest absolute Gasteiger partial charge is 0.225 e. The molecule has 0 radical (unpaired) electrons. The van der Waals surface area contributed by atoms with Gasteiger partial charge in [0.15, 0.2) is 0 Å². The first-order valence-electron chi connectivity index (χ1n) is 5.73. The summed E-state index contributed by atoms with van der Waals surface area (Å²) in [6.45, 7) is 3.63. The van der Waals surface area contributed by atoms with Gasteiger partial charge in [-0.3, -0.25) is 4.79 Å². The minimum Gasteiger partial charge on any atom is -0.339 e. The molecule has 14 heavy (non-hydrogen) atoms. The molecule has 1 saturated carbocycles. The second-order valence-electron chi connectivity index (χ2n) is 4.80. The zero-order valence-corrected chi connectivity index (χ0v) is 8.91. The third-order valence-corrected chi connectivity index (χ3v) is 3.71. The minimum atomic E-state index is 0.124. The van der Waals surface area contributed by atoms with Gasteiger partial charge in [0.2, 0.25) is 5.91 Å². The van der Waals surface area contributed by atoms with E-state index in [0.29, 0.717) is 18.5 Å². The molecule has 1 aliphatic carbocycles. The highest BCUT2D eigenvalue weighted by Crippen LogP contribution is 2.38. The third-order valence-electron chi connectivity index (χ3n) is 3.71. The second kappa shape index (κ2) is 3.89. The molecule has 2 rings (SSSR count). The number of fused-ring (bicyclic) bond motifs is 2. The number of hydrogen-bond donors (Lipinski definition) is 1. The molecule has 0 spiro atoms. The molecule has 2 bridgehead atoms.